The summed E-state index contributed by atoms with van der Waals surface area (Å²) in [4.78, 5) is 35.5. The molecule has 0 saturated carbocycles. The van der Waals surface area contributed by atoms with Gasteiger partial charge in [0.1, 0.15) is 6.61 Å². The Morgan fingerprint density at radius 1 is 0.303 bits per heavy atom. The molecule has 0 radical (unpaired) electrons. The van der Waals surface area contributed by atoms with Crippen LogP contribution in [0.2, 0.25) is 0 Å². The monoisotopic (exact) mass is 1390 g/mol. The Morgan fingerprint density at radius 3 is 0.778 bits per heavy atom. The summed E-state index contributed by atoms with van der Waals surface area (Å²) in [6.07, 6.45) is 123. The van der Waals surface area contributed by atoms with E-state index in [1.54, 1.807) is 0 Å². The van der Waals surface area contributed by atoms with E-state index in [0.29, 0.717) is 6.42 Å². The highest BCUT2D eigenvalue weighted by atomic mass is 31.2. The molecule has 0 aliphatic heterocycles. The van der Waals surface area contributed by atoms with Crippen molar-refractivity contribution in [1.82, 2.24) is 0 Å². The number of unbranched alkanes of at least 4 members (excludes halogenated alkanes) is 31. The Balaban J connectivity index is 3.86. The summed E-state index contributed by atoms with van der Waals surface area (Å²) in [5, 5.41) is 0. The fraction of sp³-hybridized carbons (Fsp3) is 0.640. The number of ether oxygens (including phenoxy) is 2. The Bertz CT molecular complexity index is 2290. The lowest BCUT2D eigenvalue weighted by molar-refractivity contribution is -0.161. The number of phosphoric ester groups is 1. The molecule has 0 bridgehead atoms. The van der Waals surface area contributed by atoms with Crippen LogP contribution >= 0.6 is 7.82 Å². The summed E-state index contributed by atoms with van der Waals surface area (Å²) in [6.45, 7) is 3.53. The molecule has 0 aromatic carbocycles. The van der Waals surface area contributed by atoms with Gasteiger partial charge in [-0.25, -0.2) is 4.57 Å². The Labute approximate surface area is 609 Å². The molecular formula is C89H148NO8P. The van der Waals surface area contributed by atoms with E-state index in [2.05, 4.69) is 196 Å². The van der Waals surface area contributed by atoms with Crippen LogP contribution < -0.4 is 5.73 Å². The molecule has 2 atom stereocenters. The molecule has 0 aliphatic carbocycles. The molecular weight excluding hydrogens is 1240 g/mol. The standard InChI is InChI=1S/C89H148NO8P/c1-3-5-7-9-11-13-15-17-19-21-23-25-27-29-31-33-35-37-39-41-42-43-44-46-48-50-52-54-56-58-60-62-64-66-68-70-72-74-76-78-80-82-89(92)98-87(86-97-99(93,94)96-84-83-90)85-95-88(91)81-79-77-75-73-71-69-67-65-63-61-59-57-55-53-51-49-47-45-40-38-36-34-32-30-28-26-24-22-20-18-16-14-12-10-8-6-4-2/h5-8,11-14,17-20,23-26,29-32,35-38,41-42,44,46,50,52,87H,3-4,9-10,15-16,21-22,27-28,33-34,39-40,43,45,47-49,51,53-86,90H2,1-2H3,(H,93,94)/b7-5-,8-6-,13-11-,14-12-,19-17-,20-18-,25-23-,26-24-,31-29-,32-30-,37-35-,38-36-,42-41-,46-44-,52-50-. The molecule has 0 spiro atoms. The largest absolute Gasteiger partial charge is 0.472 e. The van der Waals surface area contributed by atoms with Crippen molar-refractivity contribution in [2.24, 2.45) is 5.73 Å². The van der Waals surface area contributed by atoms with E-state index in [9.17, 15) is 19.0 Å². The predicted molar refractivity (Wildman–Crippen MR) is 431 cm³/mol. The van der Waals surface area contributed by atoms with Gasteiger partial charge < -0.3 is 20.1 Å². The Kier molecular flexibility index (Phi) is 78.0. The van der Waals surface area contributed by atoms with Gasteiger partial charge in [0.25, 0.3) is 0 Å². The van der Waals surface area contributed by atoms with Gasteiger partial charge in [0, 0.05) is 19.4 Å². The number of hydrogen-bond acceptors (Lipinski definition) is 8. The van der Waals surface area contributed by atoms with Crippen molar-refractivity contribution in [3.63, 3.8) is 0 Å². The van der Waals surface area contributed by atoms with Gasteiger partial charge in [-0.1, -0.05) is 369 Å². The second-order valence-corrected chi connectivity index (χ2v) is 27.6. The molecule has 0 saturated heterocycles. The minimum Gasteiger partial charge on any atom is -0.462 e. The first-order valence-corrected chi connectivity index (χ1v) is 41.8. The second kappa shape index (κ2) is 82.1. The van der Waals surface area contributed by atoms with Crippen molar-refractivity contribution >= 4 is 19.8 Å². The zero-order valence-corrected chi connectivity index (χ0v) is 64.3. The van der Waals surface area contributed by atoms with Crippen LogP contribution in [0.1, 0.15) is 335 Å². The maximum Gasteiger partial charge on any atom is 0.472 e. The number of phosphoric acid groups is 1. The van der Waals surface area contributed by atoms with Crippen molar-refractivity contribution < 1.29 is 37.6 Å². The molecule has 0 heterocycles. The predicted octanol–water partition coefficient (Wildman–Crippen LogP) is 27.4. The van der Waals surface area contributed by atoms with Crippen LogP contribution in [0.5, 0.6) is 0 Å². The maximum absolute atomic E-state index is 12.8. The lowest BCUT2D eigenvalue weighted by Gasteiger charge is -2.19. The number of rotatable bonds is 74. The van der Waals surface area contributed by atoms with E-state index >= 15 is 0 Å². The summed E-state index contributed by atoms with van der Waals surface area (Å²) < 4.78 is 33.3. The topological polar surface area (TPSA) is 134 Å². The Morgan fingerprint density at radius 2 is 0.525 bits per heavy atom. The Hall–Kier alpha value is -4.89. The van der Waals surface area contributed by atoms with Crippen molar-refractivity contribution in [2.45, 2.75) is 341 Å². The molecule has 2 unspecified atom stereocenters. The normalized spacial score (nSPS) is 13.9. The maximum atomic E-state index is 12.8. The van der Waals surface area contributed by atoms with Gasteiger partial charge >= 0.3 is 19.8 Å². The molecule has 0 amide bonds. The molecule has 0 rings (SSSR count). The summed E-state index contributed by atoms with van der Waals surface area (Å²) in [5.74, 6) is -0.826. The summed E-state index contributed by atoms with van der Waals surface area (Å²) in [7, 11) is -4.41. The smallest absolute Gasteiger partial charge is 0.462 e. The molecule has 10 heteroatoms. The van der Waals surface area contributed by atoms with Crippen molar-refractivity contribution in [1.29, 1.82) is 0 Å². The average Bonchev–Trinajstić information content (AvgIpc) is 1.19. The van der Waals surface area contributed by atoms with Gasteiger partial charge in [0.2, 0.25) is 0 Å². The molecule has 3 N–H and O–H groups in total. The lowest BCUT2D eigenvalue weighted by atomic mass is 10.0. The molecule has 0 fully saturated rings. The van der Waals surface area contributed by atoms with Gasteiger partial charge in [0.15, 0.2) is 6.10 Å². The lowest BCUT2D eigenvalue weighted by Crippen LogP contribution is -2.29. The van der Waals surface area contributed by atoms with Crippen molar-refractivity contribution in [3.05, 3.63) is 182 Å². The van der Waals surface area contributed by atoms with Crippen LogP contribution in [0.25, 0.3) is 0 Å². The minimum atomic E-state index is -4.41. The molecule has 0 aliphatic rings. The van der Waals surface area contributed by atoms with Crippen LogP contribution in [-0.4, -0.2) is 49.3 Å². The molecule has 562 valence electrons. The number of carbonyl (C=O) groups excluding carboxylic acids is 2. The SMILES string of the molecule is CC/C=C\C/C=C\C/C=C\C/C=C\C/C=C\C/C=C\C/C=C\C/C=C\C/C=C\CCCCCCCCCCCCCCCC(=O)OC(COC(=O)CCCCCCCCCCCCCCCCCCCC/C=C\C/C=C\C/C=C\C/C=C\C/C=C\C/C=C\CC)COP(=O)(O)OCCN. The second-order valence-electron chi connectivity index (χ2n) is 26.2. The number of nitrogens with two attached hydrogens (primary N) is 1. The minimum absolute atomic E-state index is 0.0476. The number of carbonyl (C=O) groups is 2. The first-order valence-electron chi connectivity index (χ1n) is 40.3. The zero-order chi connectivity index (χ0) is 71.5. The van der Waals surface area contributed by atoms with Crippen LogP contribution in [0.3, 0.4) is 0 Å². The van der Waals surface area contributed by atoms with Crippen LogP contribution in [0.4, 0.5) is 0 Å². The van der Waals surface area contributed by atoms with Gasteiger partial charge in [-0.3, -0.25) is 18.6 Å². The first-order chi connectivity index (χ1) is 48.8. The molecule has 0 aromatic rings. The van der Waals surface area contributed by atoms with Crippen molar-refractivity contribution in [3.8, 4) is 0 Å². The number of hydrogen-bond donors (Lipinski definition) is 2. The van der Waals surface area contributed by atoms with Gasteiger partial charge in [-0.2, -0.15) is 0 Å². The molecule has 9 nitrogen and oxygen atoms in total. The van der Waals surface area contributed by atoms with E-state index in [4.69, 9.17) is 24.3 Å². The molecule has 99 heavy (non-hydrogen) atoms. The van der Waals surface area contributed by atoms with E-state index in [1.807, 2.05) is 0 Å². The third-order valence-electron chi connectivity index (χ3n) is 16.8. The summed E-state index contributed by atoms with van der Waals surface area (Å²) in [5.41, 5.74) is 5.42. The van der Waals surface area contributed by atoms with Crippen LogP contribution in [-0.2, 0) is 32.7 Å². The zero-order valence-electron chi connectivity index (χ0n) is 63.4. The van der Waals surface area contributed by atoms with Gasteiger partial charge in [-0.05, 0) is 135 Å². The molecule has 0 aromatic heterocycles. The average molecular weight is 1390 g/mol. The third kappa shape index (κ3) is 82.0. The quantitative estimate of drug-likeness (QED) is 0.0264. The fourth-order valence-corrected chi connectivity index (χ4v) is 11.7. The fourth-order valence-electron chi connectivity index (χ4n) is 10.9. The highest BCUT2D eigenvalue weighted by Crippen LogP contribution is 2.43. The van der Waals surface area contributed by atoms with E-state index in [-0.39, 0.29) is 38.6 Å². The van der Waals surface area contributed by atoms with E-state index in [1.165, 1.54) is 167 Å². The number of allylic oxidation sites excluding steroid dienone is 30. The highest BCUT2D eigenvalue weighted by Gasteiger charge is 2.26. The highest BCUT2D eigenvalue weighted by molar-refractivity contribution is 7.47. The van der Waals surface area contributed by atoms with E-state index in [0.717, 1.165) is 135 Å². The summed E-state index contributed by atoms with van der Waals surface area (Å²) >= 11 is 0. The first kappa shape index (κ1) is 94.1. The van der Waals surface area contributed by atoms with Gasteiger partial charge in [0.05, 0.1) is 13.2 Å². The van der Waals surface area contributed by atoms with Crippen molar-refractivity contribution in [2.75, 3.05) is 26.4 Å². The number of esters is 2. The third-order valence-corrected chi connectivity index (χ3v) is 17.8. The van der Waals surface area contributed by atoms with Gasteiger partial charge in [-0.15, -0.1) is 0 Å². The van der Waals surface area contributed by atoms with Crippen LogP contribution in [0, 0.1) is 0 Å². The summed E-state index contributed by atoms with van der Waals surface area (Å²) in [6, 6.07) is 0. The van der Waals surface area contributed by atoms with Crippen LogP contribution in [0.15, 0.2) is 182 Å². The van der Waals surface area contributed by atoms with E-state index < -0.39 is 26.5 Å².